The van der Waals surface area contributed by atoms with Crippen LogP contribution in [0.15, 0.2) is 24.3 Å². The van der Waals surface area contributed by atoms with Crippen LogP contribution in [0.2, 0.25) is 0 Å². The van der Waals surface area contributed by atoms with Gasteiger partial charge in [-0.25, -0.2) is 4.39 Å². The van der Waals surface area contributed by atoms with Crippen molar-refractivity contribution >= 4 is 21.6 Å². The van der Waals surface area contributed by atoms with Crippen LogP contribution in [0.4, 0.5) is 10.1 Å². The van der Waals surface area contributed by atoms with Gasteiger partial charge in [0, 0.05) is 43.7 Å². The van der Waals surface area contributed by atoms with Crippen molar-refractivity contribution in [2.45, 2.75) is 6.92 Å². The molecular weight excluding hydrogens is 295 g/mol. The van der Waals surface area contributed by atoms with Crippen molar-refractivity contribution in [2.24, 2.45) is 5.92 Å². The molecule has 4 heteroatoms. The number of hydrogen-bond acceptors (Lipinski definition) is 2. The molecule has 1 atom stereocenters. The molecule has 0 aromatic heterocycles. The van der Waals surface area contributed by atoms with E-state index in [1.807, 2.05) is 12.1 Å². The molecule has 18 heavy (non-hydrogen) atoms. The van der Waals surface area contributed by atoms with E-state index in [9.17, 15) is 4.39 Å². The molecule has 1 aromatic carbocycles. The van der Waals surface area contributed by atoms with Gasteiger partial charge in [-0.05, 0) is 30.2 Å². The van der Waals surface area contributed by atoms with Crippen LogP contribution in [0, 0.1) is 11.7 Å². The minimum absolute atomic E-state index is 0.163. The Kier molecular flexibility index (Phi) is 5.01. The normalized spacial score (nSPS) is 18.9. The molecule has 0 spiro atoms. The molecule has 0 bridgehead atoms. The minimum atomic E-state index is -0.163. The molecule has 1 saturated heterocycles. The maximum absolute atomic E-state index is 12.9. The van der Waals surface area contributed by atoms with Crippen molar-refractivity contribution in [3.8, 4) is 0 Å². The highest BCUT2D eigenvalue weighted by molar-refractivity contribution is 9.09. The Morgan fingerprint density at radius 3 is 2.33 bits per heavy atom. The monoisotopic (exact) mass is 314 g/mol. The molecule has 100 valence electrons. The fraction of sp³-hybridized carbons (Fsp3) is 0.571. The Morgan fingerprint density at radius 1 is 1.17 bits per heavy atom. The highest BCUT2D eigenvalue weighted by Gasteiger charge is 2.18. The molecule has 0 N–H and O–H groups in total. The molecule has 2 rings (SSSR count). The first-order valence-corrected chi connectivity index (χ1v) is 7.60. The molecule has 1 aliphatic rings. The third kappa shape index (κ3) is 3.69. The largest absolute Gasteiger partial charge is 0.369 e. The first-order chi connectivity index (χ1) is 8.69. The van der Waals surface area contributed by atoms with Crippen molar-refractivity contribution in [1.29, 1.82) is 0 Å². The number of piperazine rings is 1. The number of alkyl halides is 1. The molecule has 1 aromatic rings. The summed E-state index contributed by atoms with van der Waals surface area (Å²) >= 11 is 3.52. The first-order valence-electron chi connectivity index (χ1n) is 6.48. The molecule has 0 radical (unpaired) electrons. The van der Waals surface area contributed by atoms with E-state index < -0.39 is 0 Å². The van der Waals surface area contributed by atoms with E-state index in [1.165, 1.54) is 12.1 Å². The second-order valence-corrected chi connectivity index (χ2v) is 5.67. The van der Waals surface area contributed by atoms with Gasteiger partial charge < -0.3 is 4.90 Å². The van der Waals surface area contributed by atoms with Gasteiger partial charge in [0.05, 0.1) is 0 Å². The van der Waals surface area contributed by atoms with Crippen molar-refractivity contribution in [3.05, 3.63) is 30.1 Å². The van der Waals surface area contributed by atoms with Gasteiger partial charge in [0.15, 0.2) is 0 Å². The van der Waals surface area contributed by atoms with E-state index in [0.717, 1.165) is 43.7 Å². The van der Waals surface area contributed by atoms with E-state index in [-0.39, 0.29) is 5.82 Å². The Morgan fingerprint density at radius 2 is 1.78 bits per heavy atom. The molecule has 0 saturated carbocycles. The molecule has 1 unspecified atom stereocenters. The van der Waals surface area contributed by atoms with Crippen LogP contribution in [-0.4, -0.2) is 43.0 Å². The second-order valence-electron chi connectivity index (χ2n) is 5.02. The van der Waals surface area contributed by atoms with Crippen molar-refractivity contribution < 1.29 is 4.39 Å². The lowest BCUT2D eigenvalue weighted by atomic mass is 10.2. The van der Waals surface area contributed by atoms with Crippen LogP contribution in [0.3, 0.4) is 0 Å². The Bertz CT molecular complexity index is 361. The third-order valence-electron chi connectivity index (χ3n) is 3.40. The summed E-state index contributed by atoms with van der Waals surface area (Å²) in [5.41, 5.74) is 1.13. The van der Waals surface area contributed by atoms with Gasteiger partial charge in [0.25, 0.3) is 0 Å². The predicted molar refractivity (Wildman–Crippen MR) is 78.0 cm³/mol. The number of anilines is 1. The number of hydrogen-bond donors (Lipinski definition) is 0. The summed E-state index contributed by atoms with van der Waals surface area (Å²) < 4.78 is 12.9. The van der Waals surface area contributed by atoms with Crippen molar-refractivity contribution in [1.82, 2.24) is 4.90 Å². The molecule has 0 amide bonds. The third-order valence-corrected chi connectivity index (χ3v) is 4.50. The highest BCUT2D eigenvalue weighted by Crippen LogP contribution is 2.17. The molecule has 0 aliphatic carbocycles. The fourth-order valence-corrected chi connectivity index (χ4v) is 2.53. The predicted octanol–water partition coefficient (Wildman–Crippen LogP) is 2.98. The SMILES string of the molecule is CC(CBr)CN1CCN(c2ccc(F)cc2)CC1. The number of halogens is 2. The van der Waals surface area contributed by atoms with Gasteiger partial charge in [-0.1, -0.05) is 22.9 Å². The van der Waals surface area contributed by atoms with Gasteiger partial charge in [-0.2, -0.15) is 0 Å². The number of nitrogens with zero attached hydrogens (tertiary/aromatic N) is 2. The minimum Gasteiger partial charge on any atom is -0.369 e. The first kappa shape index (κ1) is 13.8. The molecule has 1 aliphatic heterocycles. The summed E-state index contributed by atoms with van der Waals surface area (Å²) in [5.74, 6) is 0.533. The molecule has 1 fully saturated rings. The van der Waals surface area contributed by atoms with E-state index >= 15 is 0 Å². The van der Waals surface area contributed by atoms with Crippen LogP contribution in [0.25, 0.3) is 0 Å². The summed E-state index contributed by atoms with van der Waals surface area (Å²) in [6, 6.07) is 6.81. The average Bonchev–Trinajstić information content (AvgIpc) is 2.40. The fourth-order valence-electron chi connectivity index (χ4n) is 2.33. The van der Waals surface area contributed by atoms with E-state index in [2.05, 4.69) is 32.7 Å². The standard InChI is InChI=1S/C14H20BrFN2/c1-12(10-15)11-17-6-8-18(9-7-17)14-4-2-13(16)3-5-14/h2-5,12H,6-11H2,1H3. The number of rotatable bonds is 4. The summed E-state index contributed by atoms with van der Waals surface area (Å²) in [7, 11) is 0. The Labute approximate surface area is 117 Å². The quantitative estimate of drug-likeness (QED) is 0.788. The van der Waals surface area contributed by atoms with Crippen LogP contribution in [0.5, 0.6) is 0 Å². The highest BCUT2D eigenvalue weighted by atomic mass is 79.9. The van der Waals surface area contributed by atoms with Crippen LogP contribution in [-0.2, 0) is 0 Å². The Balaban J connectivity index is 1.84. The topological polar surface area (TPSA) is 6.48 Å². The van der Waals surface area contributed by atoms with Gasteiger partial charge in [0.2, 0.25) is 0 Å². The van der Waals surface area contributed by atoms with E-state index in [1.54, 1.807) is 0 Å². The lowest BCUT2D eigenvalue weighted by Crippen LogP contribution is -2.47. The van der Waals surface area contributed by atoms with Crippen molar-refractivity contribution in [3.63, 3.8) is 0 Å². The second kappa shape index (κ2) is 6.53. The number of benzene rings is 1. The van der Waals surface area contributed by atoms with Crippen LogP contribution in [0.1, 0.15) is 6.92 Å². The zero-order valence-corrected chi connectivity index (χ0v) is 12.4. The van der Waals surface area contributed by atoms with Gasteiger partial charge >= 0.3 is 0 Å². The molecule has 2 nitrogen and oxygen atoms in total. The molecular formula is C14H20BrFN2. The summed E-state index contributed by atoms with van der Waals surface area (Å²) in [5, 5.41) is 1.06. The summed E-state index contributed by atoms with van der Waals surface area (Å²) in [6.45, 7) is 7.66. The van der Waals surface area contributed by atoms with Gasteiger partial charge in [0.1, 0.15) is 5.82 Å². The smallest absolute Gasteiger partial charge is 0.123 e. The summed E-state index contributed by atoms with van der Waals surface area (Å²) in [6.07, 6.45) is 0. The lowest BCUT2D eigenvalue weighted by molar-refractivity contribution is 0.233. The zero-order chi connectivity index (χ0) is 13.0. The maximum atomic E-state index is 12.9. The average molecular weight is 315 g/mol. The van der Waals surface area contributed by atoms with E-state index in [0.29, 0.717) is 5.92 Å². The Hall–Kier alpha value is -0.610. The van der Waals surface area contributed by atoms with Gasteiger partial charge in [-0.15, -0.1) is 0 Å². The van der Waals surface area contributed by atoms with Crippen LogP contribution < -0.4 is 4.90 Å². The molecule has 1 heterocycles. The lowest BCUT2D eigenvalue weighted by Gasteiger charge is -2.37. The zero-order valence-electron chi connectivity index (χ0n) is 10.8. The van der Waals surface area contributed by atoms with Gasteiger partial charge in [-0.3, -0.25) is 4.90 Å². The summed E-state index contributed by atoms with van der Waals surface area (Å²) in [4.78, 5) is 4.83. The van der Waals surface area contributed by atoms with E-state index in [4.69, 9.17) is 0 Å². The van der Waals surface area contributed by atoms with Crippen LogP contribution >= 0.6 is 15.9 Å². The maximum Gasteiger partial charge on any atom is 0.123 e. The van der Waals surface area contributed by atoms with Crippen molar-refractivity contribution in [2.75, 3.05) is 43.0 Å².